The Morgan fingerprint density at radius 1 is 1.29 bits per heavy atom. The monoisotopic (exact) mass is 307 g/mol. The molecular weight excluding hydrogens is 290 g/mol. The number of anilines is 1. The molecule has 0 unspecified atom stereocenters. The van der Waals surface area contributed by atoms with E-state index in [-0.39, 0.29) is 11.7 Å². The molecular formula is C14H17N3O3S. The van der Waals surface area contributed by atoms with E-state index >= 15 is 0 Å². The second-order valence-electron chi connectivity index (χ2n) is 4.66. The van der Waals surface area contributed by atoms with Crippen LogP contribution in [0.4, 0.5) is 5.69 Å². The summed E-state index contributed by atoms with van der Waals surface area (Å²) in [7, 11) is -3.25. The Morgan fingerprint density at radius 2 is 2.00 bits per heavy atom. The quantitative estimate of drug-likeness (QED) is 0.881. The van der Waals surface area contributed by atoms with Crippen molar-refractivity contribution >= 4 is 21.4 Å². The van der Waals surface area contributed by atoms with Gasteiger partial charge in [0.25, 0.3) is 0 Å². The van der Waals surface area contributed by atoms with Crippen LogP contribution in [-0.2, 0) is 21.2 Å². The summed E-state index contributed by atoms with van der Waals surface area (Å²) in [4.78, 5) is 11.2. The third-order valence-corrected chi connectivity index (χ3v) is 4.67. The van der Waals surface area contributed by atoms with E-state index in [1.165, 1.54) is 13.1 Å². The van der Waals surface area contributed by atoms with Gasteiger partial charge in [-0.3, -0.25) is 9.48 Å². The predicted octanol–water partition coefficient (Wildman–Crippen LogP) is 1.71. The molecule has 21 heavy (non-hydrogen) atoms. The minimum absolute atomic E-state index is 0.0618. The number of rotatable bonds is 6. The van der Waals surface area contributed by atoms with E-state index in [4.69, 9.17) is 0 Å². The van der Waals surface area contributed by atoms with Crippen molar-refractivity contribution in [2.75, 3.05) is 11.1 Å². The molecule has 1 amide bonds. The first-order valence-electron chi connectivity index (χ1n) is 6.55. The highest BCUT2D eigenvalue weighted by Crippen LogP contribution is 2.12. The third kappa shape index (κ3) is 4.42. The van der Waals surface area contributed by atoms with Crippen molar-refractivity contribution < 1.29 is 13.2 Å². The van der Waals surface area contributed by atoms with Crippen LogP contribution in [0, 0.1) is 0 Å². The number of sulfone groups is 1. The molecule has 1 heterocycles. The summed E-state index contributed by atoms with van der Waals surface area (Å²) in [6.45, 7) is 1.90. The van der Waals surface area contributed by atoms with Gasteiger partial charge in [-0.2, -0.15) is 5.10 Å². The van der Waals surface area contributed by atoms with Crippen molar-refractivity contribution in [1.29, 1.82) is 0 Å². The van der Waals surface area contributed by atoms with Crippen LogP contribution < -0.4 is 5.32 Å². The number of hydrogen-bond donors (Lipinski definition) is 1. The van der Waals surface area contributed by atoms with Crippen molar-refractivity contribution in [1.82, 2.24) is 9.78 Å². The topological polar surface area (TPSA) is 81.1 Å². The molecule has 0 fully saturated rings. The molecule has 0 bridgehead atoms. The molecule has 2 rings (SSSR count). The zero-order chi connectivity index (χ0) is 15.3. The number of amides is 1. The number of aromatic nitrogens is 2. The van der Waals surface area contributed by atoms with Gasteiger partial charge in [-0.25, -0.2) is 8.42 Å². The number of carbonyl (C=O) groups excluding carboxylic acids is 1. The van der Waals surface area contributed by atoms with Crippen LogP contribution in [0.5, 0.6) is 0 Å². The number of hydrogen-bond acceptors (Lipinski definition) is 4. The first-order chi connectivity index (χ1) is 9.97. The average molecular weight is 307 g/mol. The van der Waals surface area contributed by atoms with Crippen molar-refractivity contribution in [3.8, 4) is 0 Å². The van der Waals surface area contributed by atoms with Gasteiger partial charge in [0, 0.05) is 19.7 Å². The van der Waals surface area contributed by atoms with Crippen LogP contribution in [0.15, 0.2) is 47.6 Å². The van der Waals surface area contributed by atoms with E-state index in [2.05, 4.69) is 10.4 Å². The minimum Gasteiger partial charge on any atom is -0.324 e. The molecule has 0 spiro atoms. The second kappa shape index (κ2) is 6.53. The number of benzene rings is 1. The van der Waals surface area contributed by atoms with Gasteiger partial charge >= 0.3 is 0 Å². The van der Waals surface area contributed by atoms with E-state index in [9.17, 15) is 13.2 Å². The van der Waals surface area contributed by atoms with Crippen LogP contribution in [0.3, 0.4) is 0 Å². The molecule has 6 nitrogen and oxygen atoms in total. The van der Waals surface area contributed by atoms with Crippen LogP contribution in [0.1, 0.15) is 13.3 Å². The van der Waals surface area contributed by atoms with E-state index in [1.54, 1.807) is 41.2 Å². The van der Waals surface area contributed by atoms with Gasteiger partial charge in [0.2, 0.25) is 5.91 Å². The molecule has 0 aliphatic carbocycles. The van der Waals surface area contributed by atoms with Gasteiger partial charge in [-0.1, -0.05) is 18.2 Å². The number of nitrogens with zero attached hydrogens (tertiary/aromatic N) is 2. The summed E-state index contributed by atoms with van der Waals surface area (Å²) in [6.07, 6.45) is 3.67. The Labute approximate surface area is 123 Å². The Kier molecular flexibility index (Phi) is 4.74. The molecule has 2 aromatic rings. The largest absolute Gasteiger partial charge is 0.324 e. The SMILES string of the molecule is CC(=O)Nc1cnn(CCCS(=O)(=O)c2ccccc2)c1. The molecule has 7 heteroatoms. The first-order valence-corrected chi connectivity index (χ1v) is 8.20. The Morgan fingerprint density at radius 3 is 2.67 bits per heavy atom. The highest BCUT2D eigenvalue weighted by molar-refractivity contribution is 7.91. The van der Waals surface area contributed by atoms with Gasteiger partial charge in [-0.05, 0) is 18.6 Å². The van der Waals surface area contributed by atoms with Gasteiger partial charge in [-0.15, -0.1) is 0 Å². The summed E-state index contributed by atoms with van der Waals surface area (Å²) in [5, 5.41) is 6.69. The molecule has 0 saturated heterocycles. The number of nitrogens with one attached hydrogen (secondary N) is 1. The maximum absolute atomic E-state index is 12.1. The fourth-order valence-corrected chi connectivity index (χ4v) is 3.23. The zero-order valence-electron chi connectivity index (χ0n) is 11.7. The van der Waals surface area contributed by atoms with E-state index in [1.807, 2.05) is 0 Å². The van der Waals surface area contributed by atoms with Gasteiger partial charge in [0.05, 0.1) is 22.5 Å². The lowest BCUT2D eigenvalue weighted by molar-refractivity contribution is -0.114. The first kappa shape index (κ1) is 15.2. The predicted molar refractivity (Wildman–Crippen MR) is 79.6 cm³/mol. The fourth-order valence-electron chi connectivity index (χ4n) is 1.92. The summed E-state index contributed by atoms with van der Waals surface area (Å²) < 4.78 is 25.8. The molecule has 112 valence electrons. The van der Waals surface area contributed by atoms with E-state index in [0.29, 0.717) is 23.5 Å². The third-order valence-electron chi connectivity index (χ3n) is 2.86. The summed E-state index contributed by atoms with van der Waals surface area (Å²) >= 11 is 0. The Bertz CT molecular complexity index is 708. The maximum Gasteiger partial charge on any atom is 0.221 e. The van der Waals surface area contributed by atoms with Gasteiger partial charge in [0.15, 0.2) is 9.84 Å². The lowest BCUT2D eigenvalue weighted by Crippen LogP contribution is -2.10. The normalized spacial score (nSPS) is 11.3. The summed E-state index contributed by atoms with van der Waals surface area (Å²) in [5.74, 6) is -0.104. The van der Waals surface area contributed by atoms with Crippen molar-refractivity contribution in [2.45, 2.75) is 24.8 Å². The maximum atomic E-state index is 12.1. The molecule has 0 saturated carbocycles. The molecule has 0 aliphatic rings. The fraction of sp³-hybridized carbons (Fsp3) is 0.286. The highest BCUT2D eigenvalue weighted by Gasteiger charge is 2.13. The number of carbonyl (C=O) groups is 1. The summed E-state index contributed by atoms with van der Waals surface area (Å²) in [5.41, 5.74) is 0.605. The minimum atomic E-state index is -3.25. The number of aryl methyl sites for hydroxylation is 1. The average Bonchev–Trinajstić information content (AvgIpc) is 2.86. The lowest BCUT2D eigenvalue weighted by Gasteiger charge is -2.04. The second-order valence-corrected chi connectivity index (χ2v) is 6.77. The van der Waals surface area contributed by atoms with E-state index in [0.717, 1.165) is 0 Å². The zero-order valence-corrected chi connectivity index (χ0v) is 12.5. The molecule has 0 radical (unpaired) electrons. The van der Waals surface area contributed by atoms with Crippen LogP contribution in [0.2, 0.25) is 0 Å². The molecule has 1 aromatic heterocycles. The molecule has 0 aliphatic heterocycles. The van der Waals surface area contributed by atoms with Gasteiger partial charge < -0.3 is 5.32 Å². The van der Waals surface area contributed by atoms with Crippen molar-refractivity contribution in [2.24, 2.45) is 0 Å². The molecule has 0 atom stereocenters. The van der Waals surface area contributed by atoms with Crippen LogP contribution in [0.25, 0.3) is 0 Å². The van der Waals surface area contributed by atoms with Crippen LogP contribution >= 0.6 is 0 Å². The Hall–Kier alpha value is -2.15. The highest BCUT2D eigenvalue weighted by atomic mass is 32.2. The van der Waals surface area contributed by atoms with E-state index < -0.39 is 9.84 Å². The lowest BCUT2D eigenvalue weighted by atomic mass is 10.4. The standard InChI is InChI=1S/C14H17N3O3S/c1-12(18)16-13-10-15-17(11-13)8-5-9-21(19,20)14-6-3-2-4-7-14/h2-4,6-7,10-11H,5,8-9H2,1H3,(H,16,18). The summed E-state index contributed by atoms with van der Waals surface area (Å²) in [6, 6.07) is 8.39. The van der Waals surface area contributed by atoms with Crippen molar-refractivity contribution in [3.63, 3.8) is 0 Å². The molecule has 1 aromatic carbocycles. The van der Waals surface area contributed by atoms with Crippen LogP contribution in [-0.4, -0.2) is 29.9 Å². The Balaban J connectivity index is 1.89. The van der Waals surface area contributed by atoms with Crippen molar-refractivity contribution in [3.05, 3.63) is 42.7 Å². The smallest absolute Gasteiger partial charge is 0.221 e. The molecule has 1 N–H and O–H groups in total. The van der Waals surface area contributed by atoms with Gasteiger partial charge in [0.1, 0.15) is 0 Å².